The fraction of sp³-hybridized carbons (Fsp3) is 0.229. The number of rotatable bonds is 11. The molecule has 3 aromatic carbocycles. The number of furan rings is 2. The molecule has 7 heteroatoms. The number of carbonyl (C=O) groups is 1. The Hall–Kier alpha value is -3.63. The molecule has 0 spiro atoms. The van der Waals surface area contributed by atoms with Gasteiger partial charge in [0.25, 0.3) is 0 Å². The van der Waals surface area contributed by atoms with E-state index in [0.717, 1.165) is 30.5 Å². The molecular formula is C35H37ClNO4P. The number of carboxylic acids is 1. The molecule has 1 N–H and O–H groups in total. The van der Waals surface area contributed by atoms with Crippen molar-refractivity contribution in [2.45, 2.75) is 31.7 Å². The van der Waals surface area contributed by atoms with Crippen LogP contribution in [-0.4, -0.2) is 34.5 Å². The number of aryl methyl sites for hydroxylation is 2. The van der Waals surface area contributed by atoms with Crippen molar-refractivity contribution >= 4 is 41.0 Å². The van der Waals surface area contributed by atoms with E-state index in [0.29, 0.717) is 19.4 Å². The minimum atomic E-state index is -3.63. The average molecular weight is 602 g/mol. The Morgan fingerprint density at radius 1 is 0.714 bits per heavy atom. The topological polar surface area (TPSA) is 66.8 Å². The second-order valence-corrected chi connectivity index (χ2v) is 16.0. The number of aliphatic carboxylic acids is 1. The van der Waals surface area contributed by atoms with Crippen LogP contribution in [0.4, 0.5) is 0 Å². The molecule has 0 aliphatic carbocycles. The number of nitrogens with zero attached hydrogens (tertiary/aromatic N) is 1. The molecule has 0 bridgehead atoms. The summed E-state index contributed by atoms with van der Waals surface area (Å²) in [5.74, 6) is 1.30. The molecule has 6 rings (SSSR count). The van der Waals surface area contributed by atoms with Crippen molar-refractivity contribution in [3.8, 4) is 0 Å². The van der Waals surface area contributed by atoms with Crippen LogP contribution in [0.1, 0.15) is 24.4 Å². The van der Waals surface area contributed by atoms with Crippen molar-refractivity contribution in [1.29, 1.82) is 0 Å². The molecule has 5 aromatic rings. The number of carboxylic acid groups (broad SMARTS) is 1. The monoisotopic (exact) mass is 601 g/mol. The van der Waals surface area contributed by atoms with Crippen molar-refractivity contribution in [2.24, 2.45) is 5.92 Å². The van der Waals surface area contributed by atoms with Gasteiger partial charge in [-0.2, -0.15) is 0 Å². The molecule has 1 saturated heterocycles. The van der Waals surface area contributed by atoms with E-state index in [4.69, 9.17) is 8.83 Å². The van der Waals surface area contributed by atoms with Crippen LogP contribution in [0.25, 0.3) is 0 Å². The van der Waals surface area contributed by atoms with Gasteiger partial charge in [-0.1, -0.05) is 0 Å². The summed E-state index contributed by atoms with van der Waals surface area (Å²) in [6, 6.07) is 39.2. The van der Waals surface area contributed by atoms with E-state index in [9.17, 15) is 9.90 Å². The van der Waals surface area contributed by atoms with E-state index in [-0.39, 0.29) is 18.3 Å². The molecule has 2 atom stereocenters. The van der Waals surface area contributed by atoms with Gasteiger partial charge >= 0.3 is 242 Å². The first-order valence-electron chi connectivity index (χ1n) is 14.3. The molecule has 0 saturated carbocycles. The third kappa shape index (κ3) is 5.11. The Kier molecular flexibility index (Phi) is 9.03. The Morgan fingerprint density at radius 2 is 1.19 bits per heavy atom. The van der Waals surface area contributed by atoms with Gasteiger partial charge in [-0.25, -0.2) is 0 Å². The molecule has 2 aromatic heterocycles. The Bertz CT molecular complexity index is 1440. The van der Waals surface area contributed by atoms with Gasteiger partial charge in [0.1, 0.15) is 0 Å². The first-order chi connectivity index (χ1) is 20.1. The SMILES string of the molecule is Cl.O=C(O)[C@@H]1CC(CCc2ccco2)CN1P(CCc1ccco1)(c1ccccc1)(c1ccccc1)c1ccccc1. The van der Waals surface area contributed by atoms with Gasteiger partial charge in [-0.05, 0) is 0 Å². The van der Waals surface area contributed by atoms with Gasteiger partial charge in [-0.3, -0.25) is 0 Å². The van der Waals surface area contributed by atoms with Gasteiger partial charge in [0.2, 0.25) is 0 Å². The maximum atomic E-state index is 13.2. The molecule has 1 aliphatic heterocycles. The molecule has 5 nitrogen and oxygen atoms in total. The Labute approximate surface area is 253 Å². The summed E-state index contributed by atoms with van der Waals surface area (Å²) in [6.45, 7) is -2.94. The molecule has 1 unspecified atom stereocenters. The van der Waals surface area contributed by atoms with Crippen LogP contribution in [0.2, 0.25) is 0 Å². The normalized spacial score (nSPS) is 18.1. The number of benzene rings is 3. The molecule has 1 aliphatic rings. The van der Waals surface area contributed by atoms with Crippen LogP contribution in [-0.2, 0) is 17.6 Å². The van der Waals surface area contributed by atoms with E-state index in [2.05, 4.69) is 77.5 Å². The third-order valence-electron chi connectivity index (χ3n) is 8.90. The average Bonchev–Trinajstić information content (AvgIpc) is 3.82. The van der Waals surface area contributed by atoms with Gasteiger partial charge in [-0.15, -0.1) is 12.4 Å². The summed E-state index contributed by atoms with van der Waals surface area (Å²) in [7, 11) is 0. The van der Waals surface area contributed by atoms with Crippen LogP contribution in [0, 0.1) is 5.92 Å². The van der Waals surface area contributed by atoms with Crippen molar-refractivity contribution < 1.29 is 18.7 Å². The predicted molar refractivity (Wildman–Crippen MR) is 173 cm³/mol. The third-order valence-corrected chi connectivity index (χ3v) is 15.8. The maximum absolute atomic E-state index is 13.2. The van der Waals surface area contributed by atoms with Crippen LogP contribution in [0.15, 0.2) is 137 Å². The summed E-state index contributed by atoms with van der Waals surface area (Å²) >= 11 is 0. The molecule has 0 amide bonds. The number of hydrogen-bond donors (Lipinski definition) is 1. The zero-order valence-corrected chi connectivity index (χ0v) is 25.2. The summed E-state index contributed by atoms with van der Waals surface area (Å²) in [6.07, 6.45) is 7.10. The zero-order valence-electron chi connectivity index (χ0n) is 23.5. The van der Waals surface area contributed by atoms with Crippen LogP contribution in [0.5, 0.6) is 0 Å². The second kappa shape index (κ2) is 12.7. The van der Waals surface area contributed by atoms with Crippen LogP contribution < -0.4 is 15.9 Å². The summed E-state index contributed by atoms with van der Waals surface area (Å²) in [4.78, 5) is 13.2. The molecule has 218 valence electrons. The van der Waals surface area contributed by atoms with E-state index < -0.39 is 18.8 Å². The molecule has 42 heavy (non-hydrogen) atoms. The summed E-state index contributed by atoms with van der Waals surface area (Å²) in [5, 5.41) is 14.4. The van der Waals surface area contributed by atoms with Crippen molar-refractivity contribution in [1.82, 2.24) is 4.67 Å². The van der Waals surface area contributed by atoms with E-state index in [1.54, 1.807) is 12.5 Å². The Balaban J connectivity index is 0.00000353. The van der Waals surface area contributed by atoms with Gasteiger partial charge in [0.05, 0.1) is 0 Å². The fourth-order valence-electron chi connectivity index (χ4n) is 7.07. The van der Waals surface area contributed by atoms with Crippen molar-refractivity contribution in [3.05, 3.63) is 139 Å². The molecular weight excluding hydrogens is 565 g/mol. The van der Waals surface area contributed by atoms with E-state index >= 15 is 0 Å². The first kappa shape index (κ1) is 29.8. The van der Waals surface area contributed by atoms with Crippen molar-refractivity contribution in [3.63, 3.8) is 0 Å². The molecule has 1 fully saturated rings. The zero-order chi connectivity index (χ0) is 28.1. The Morgan fingerprint density at radius 3 is 1.62 bits per heavy atom. The van der Waals surface area contributed by atoms with Crippen molar-refractivity contribution in [2.75, 3.05) is 12.7 Å². The minimum absolute atomic E-state index is 0. The molecule has 3 heterocycles. The quantitative estimate of drug-likeness (QED) is 0.171. The van der Waals surface area contributed by atoms with Crippen LogP contribution >= 0.6 is 19.2 Å². The van der Waals surface area contributed by atoms with Gasteiger partial charge in [0, 0.05) is 0 Å². The standard InChI is InChI=1S/C35H36NO4P.ClH/c37-35(38)34-26-28(20-21-29-12-10-23-39-29)27-36(34)41(31-14-4-1-5-15-31,32-16-6-2-7-17-32,33-18-8-3-9-19-33)25-22-30-13-11-24-40-30;/h1-19,23-24,28,34H,20-22,25-27H2,(H,37,38);1H/t28?,34-;/m0./s1. The second-order valence-electron chi connectivity index (χ2n) is 11.0. The summed E-state index contributed by atoms with van der Waals surface area (Å²) < 4.78 is 14.0. The summed E-state index contributed by atoms with van der Waals surface area (Å²) in [5.41, 5.74) is 0. The predicted octanol–water partition coefficient (Wildman–Crippen LogP) is 6.69. The molecule has 0 radical (unpaired) electrons. The van der Waals surface area contributed by atoms with Crippen LogP contribution in [0.3, 0.4) is 0 Å². The number of halogens is 1. The van der Waals surface area contributed by atoms with Gasteiger partial charge in [0.15, 0.2) is 0 Å². The van der Waals surface area contributed by atoms with E-state index in [1.165, 1.54) is 15.9 Å². The first-order valence-corrected chi connectivity index (χ1v) is 16.7. The van der Waals surface area contributed by atoms with E-state index in [1.807, 2.05) is 42.5 Å². The number of hydrogen-bond acceptors (Lipinski definition) is 4. The fourth-order valence-corrected chi connectivity index (χ4v) is 14.4. The van der Waals surface area contributed by atoms with Gasteiger partial charge < -0.3 is 0 Å².